The number of carbonyl (C=O) groups is 2. The van der Waals surface area contributed by atoms with Crippen LogP contribution in [0.2, 0.25) is 0 Å². The van der Waals surface area contributed by atoms with Crippen LogP contribution in [-0.4, -0.2) is 49.1 Å². The zero-order chi connectivity index (χ0) is 20.8. The Bertz CT molecular complexity index is 823. The molecule has 0 saturated carbocycles. The third kappa shape index (κ3) is 5.81. The number of nitrogens with zero attached hydrogens (tertiary/aromatic N) is 1. The number of hydrogen-bond donors (Lipinski definition) is 1. The summed E-state index contributed by atoms with van der Waals surface area (Å²) < 4.78 is 10.8. The Morgan fingerprint density at radius 1 is 1.00 bits per heavy atom. The van der Waals surface area contributed by atoms with Crippen molar-refractivity contribution < 1.29 is 19.1 Å². The highest BCUT2D eigenvalue weighted by atomic mass is 16.5. The van der Waals surface area contributed by atoms with Crippen LogP contribution >= 0.6 is 0 Å². The van der Waals surface area contributed by atoms with Crippen LogP contribution in [0.4, 0.5) is 0 Å². The molecule has 1 saturated heterocycles. The number of nitrogens with one attached hydrogen (secondary N) is 1. The molecule has 0 spiro atoms. The van der Waals surface area contributed by atoms with E-state index in [1.807, 2.05) is 67.3 Å². The molecule has 0 radical (unpaired) electrons. The maximum absolute atomic E-state index is 12.7. The molecule has 154 valence electrons. The van der Waals surface area contributed by atoms with Crippen LogP contribution in [0.1, 0.15) is 35.3 Å². The summed E-state index contributed by atoms with van der Waals surface area (Å²) in [5.74, 6) is 0.735. The summed E-state index contributed by atoms with van der Waals surface area (Å²) >= 11 is 0. The fourth-order valence-corrected chi connectivity index (χ4v) is 3.48. The molecule has 2 aromatic rings. The summed E-state index contributed by atoms with van der Waals surface area (Å²) in [5, 5.41) is 2.92. The van der Waals surface area contributed by atoms with Crippen molar-refractivity contribution in [2.45, 2.75) is 39.0 Å². The highest BCUT2D eigenvalue weighted by Gasteiger charge is 2.26. The molecule has 3 rings (SSSR count). The van der Waals surface area contributed by atoms with Gasteiger partial charge in [0.15, 0.2) is 0 Å². The lowest BCUT2D eigenvalue weighted by molar-refractivity contribution is -0.120. The Labute approximate surface area is 171 Å². The Morgan fingerprint density at radius 3 is 2.17 bits per heavy atom. The van der Waals surface area contributed by atoms with E-state index in [-0.39, 0.29) is 24.0 Å². The van der Waals surface area contributed by atoms with E-state index in [4.69, 9.17) is 9.47 Å². The van der Waals surface area contributed by atoms with Crippen molar-refractivity contribution in [2.75, 3.05) is 20.2 Å². The molecule has 6 nitrogen and oxygen atoms in total. The van der Waals surface area contributed by atoms with Crippen molar-refractivity contribution >= 4 is 11.8 Å². The van der Waals surface area contributed by atoms with E-state index in [1.54, 1.807) is 7.11 Å². The van der Waals surface area contributed by atoms with Gasteiger partial charge in [-0.1, -0.05) is 24.3 Å². The Kier molecular flexibility index (Phi) is 6.88. The first-order chi connectivity index (χ1) is 13.9. The summed E-state index contributed by atoms with van der Waals surface area (Å²) in [5.41, 5.74) is 2.53. The molecule has 2 aromatic carbocycles. The summed E-state index contributed by atoms with van der Waals surface area (Å²) in [6.07, 6.45) is 0.402. The molecule has 1 N–H and O–H groups in total. The lowest BCUT2D eigenvalue weighted by Crippen LogP contribution is -2.48. The molecule has 1 fully saturated rings. The van der Waals surface area contributed by atoms with Gasteiger partial charge in [-0.25, -0.2) is 0 Å². The molecule has 1 aliphatic heterocycles. The number of hydrogen-bond acceptors (Lipinski definition) is 4. The number of methoxy groups -OCH3 is 1. The third-order valence-electron chi connectivity index (χ3n) is 4.92. The van der Waals surface area contributed by atoms with E-state index in [2.05, 4.69) is 5.32 Å². The largest absolute Gasteiger partial charge is 0.497 e. The van der Waals surface area contributed by atoms with Crippen molar-refractivity contribution in [2.24, 2.45) is 0 Å². The Morgan fingerprint density at radius 2 is 1.59 bits per heavy atom. The minimum Gasteiger partial charge on any atom is -0.497 e. The smallest absolute Gasteiger partial charge is 0.254 e. The second kappa shape index (κ2) is 9.56. The van der Waals surface area contributed by atoms with Gasteiger partial charge in [0.25, 0.3) is 5.91 Å². The van der Waals surface area contributed by atoms with Gasteiger partial charge in [-0.15, -0.1) is 0 Å². The van der Waals surface area contributed by atoms with Gasteiger partial charge in [-0.3, -0.25) is 9.59 Å². The Hall–Kier alpha value is -2.86. The van der Waals surface area contributed by atoms with Gasteiger partial charge in [0, 0.05) is 25.2 Å². The third-order valence-corrected chi connectivity index (χ3v) is 4.92. The van der Waals surface area contributed by atoms with Gasteiger partial charge in [0.05, 0.1) is 25.7 Å². The van der Waals surface area contributed by atoms with E-state index in [0.717, 1.165) is 16.9 Å². The van der Waals surface area contributed by atoms with Gasteiger partial charge < -0.3 is 19.7 Å². The van der Waals surface area contributed by atoms with Crippen LogP contribution in [0, 0.1) is 0 Å². The van der Waals surface area contributed by atoms with E-state index < -0.39 is 0 Å². The molecule has 2 amide bonds. The molecule has 6 heteroatoms. The number of ether oxygens (including phenoxy) is 2. The summed E-state index contributed by atoms with van der Waals surface area (Å²) in [6.45, 7) is 5.59. The minimum absolute atomic E-state index is 0.0158. The highest BCUT2D eigenvalue weighted by Crippen LogP contribution is 2.15. The van der Waals surface area contributed by atoms with E-state index in [0.29, 0.717) is 31.6 Å². The monoisotopic (exact) mass is 396 g/mol. The number of rotatable bonds is 6. The van der Waals surface area contributed by atoms with Gasteiger partial charge in [-0.05, 0) is 49.2 Å². The molecular formula is C23H28N2O4. The fourth-order valence-electron chi connectivity index (χ4n) is 3.48. The van der Waals surface area contributed by atoms with Crippen molar-refractivity contribution in [3.8, 4) is 5.75 Å². The number of morpholine rings is 1. The number of benzene rings is 2. The second-order valence-corrected chi connectivity index (χ2v) is 7.47. The van der Waals surface area contributed by atoms with Crippen LogP contribution in [0.5, 0.6) is 5.75 Å². The minimum atomic E-state index is -0.0494. The van der Waals surface area contributed by atoms with Gasteiger partial charge in [0.2, 0.25) is 5.91 Å². The first-order valence-corrected chi connectivity index (χ1v) is 9.88. The van der Waals surface area contributed by atoms with Crippen molar-refractivity contribution in [1.29, 1.82) is 0 Å². The van der Waals surface area contributed by atoms with Crippen molar-refractivity contribution in [3.63, 3.8) is 0 Å². The first-order valence-electron chi connectivity index (χ1n) is 9.88. The maximum atomic E-state index is 12.7. The molecular weight excluding hydrogens is 368 g/mol. The quantitative estimate of drug-likeness (QED) is 0.815. The van der Waals surface area contributed by atoms with Gasteiger partial charge in [-0.2, -0.15) is 0 Å². The molecule has 1 heterocycles. The summed E-state index contributed by atoms with van der Waals surface area (Å²) in [6, 6.07) is 14.8. The Balaban J connectivity index is 1.50. The number of amides is 2. The lowest BCUT2D eigenvalue weighted by atomic mass is 10.1. The predicted octanol–water partition coefficient (Wildman–Crippen LogP) is 2.80. The van der Waals surface area contributed by atoms with Gasteiger partial charge in [0.1, 0.15) is 5.75 Å². The predicted molar refractivity (Wildman–Crippen MR) is 111 cm³/mol. The van der Waals surface area contributed by atoms with E-state index in [9.17, 15) is 9.59 Å². The molecule has 2 atom stereocenters. The normalized spacial score (nSPS) is 18.9. The average Bonchev–Trinajstić information content (AvgIpc) is 2.72. The zero-order valence-corrected chi connectivity index (χ0v) is 17.2. The first kappa shape index (κ1) is 20.9. The fraction of sp³-hybridized carbons (Fsp3) is 0.391. The van der Waals surface area contributed by atoms with E-state index >= 15 is 0 Å². The molecule has 0 aromatic heterocycles. The van der Waals surface area contributed by atoms with Crippen LogP contribution in [0.15, 0.2) is 48.5 Å². The number of carbonyl (C=O) groups excluding carboxylic acids is 2. The summed E-state index contributed by atoms with van der Waals surface area (Å²) in [7, 11) is 1.61. The maximum Gasteiger partial charge on any atom is 0.254 e. The summed E-state index contributed by atoms with van der Waals surface area (Å²) in [4.78, 5) is 26.7. The van der Waals surface area contributed by atoms with Gasteiger partial charge >= 0.3 is 0 Å². The highest BCUT2D eigenvalue weighted by molar-refractivity contribution is 5.94. The SMILES string of the molecule is COc1ccc(CC(=O)NCc2ccc(C(=O)N3CC(C)OC(C)C3)cc2)cc1. The molecule has 1 aliphatic rings. The lowest BCUT2D eigenvalue weighted by Gasteiger charge is -2.35. The average molecular weight is 396 g/mol. The topological polar surface area (TPSA) is 67.9 Å². The standard InChI is InChI=1S/C23H28N2O4/c1-16-14-25(15-17(2)29-16)23(27)20-8-4-19(5-9-20)13-24-22(26)12-18-6-10-21(28-3)11-7-18/h4-11,16-17H,12-15H2,1-3H3,(H,24,26). The zero-order valence-electron chi connectivity index (χ0n) is 17.2. The van der Waals surface area contributed by atoms with Crippen LogP contribution < -0.4 is 10.1 Å². The molecule has 2 unspecified atom stereocenters. The van der Waals surface area contributed by atoms with Crippen LogP contribution in [0.25, 0.3) is 0 Å². The molecule has 0 bridgehead atoms. The van der Waals surface area contributed by atoms with Crippen LogP contribution in [0.3, 0.4) is 0 Å². The second-order valence-electron chi connectivity index (χ2n) is 7.47. The molecule has 0 aliphatic carbocycles. The van der Waals surface area contributed by atoms with Crippen molar-refractivity contribution in [3.05, 3.63) is 65.2 Å². The van der Waals surface area contributed by atoms with E-state index in [1.165, 1.54) is 0 Å². The van der Waals surface area contributed by atoms with Crippen LogP contribution in [-0.2, 0) is 22.5 Å². The van der Waals surface area contributed by atoms with Crippen molar-refractivity contribution in [1.82, 2.24) is 10.2 Å². The molecule has 29 heavy (non-hydrogen) atoms.